The maximum Gasteiger partial charge on any atom is 0.433 e. The van der Waals surface area contributed by atoms with Crippen molar-refractivity contribution in [2.75, 3.05) is 7.11 Å². The summed E-state index contributed by atoms with van der Waals surface area (Å²) in [6.07, 6.45) is -1.79. The van der Waals surface area contributed by atoms with Crippen molar-refractivity contribution in [2.24, 2.45) is 0 Å². The molecule has 0 aliphatic rings. The molecule has 0 aliphatic carbocycles. The second-order valence-corrected chi connectivity index (χ2v) is 7.56. The van der Waals surface area contributed by atoms with Gasteiger partial charge in [-0.05, 0) is 43.3 Å². The number of H-pyrrole nitrogens is 1. The van der Waals surface area contributed by atoms with E-state index in [9.17, 15) is 13.2 Å². The summed E-state index contributed by atoms with van der Waals surface area (Å²) in [4.78, 5) is 15.6. The van der Waals surface area contributed by atoms with Crippen LogP contribution in [-0.2, 0) is 12.8 Å². The highest BCUT2D eigenvalue weighted by atomic mass is 35.5. The Balaban J connectivity index is 1.53. The molecule has 1 aromatic carbocycles. The van der Waals surface area contributed by atoms with E-state index in [1.165, 1.54) is 13.2 Å². The zero-order valence-corrected chi connectivity index (χ0v) is 18.3. The van der Waals surface area contributed by atoms with Crippen molar-refractivity contribution in [3.8, 4) is 34.3 Å². The number of aromatic amines is 1. The van der Waals surface area contributed by atoms with Crippen molar-refractivity contribution >= 4 is 11.6 Å². The maximum atomic E-state index is 12.7. The van der Waals surface area contributed by atoms with E-state index in [0.717, 1.165) is 29.2 Å². The lowest BCUT2D eigenvalue weighted by Crippen LogP contribution is -2.08. The fraction of sp³-hybridized carbons (Fsp3) is 0.174. The molecule has 6 nitrogen and oxygen atoms in total. The Hall–Kier alpha value is -3.59. The summed E-state index contributed by atoms with van der Waals surface area (Å²) in [5, 5.41) is 0.537. The predicted molar refractivity (Wildman–Crippen MR) is 117 cm³/mol. The molecular formula is C23H18ClF3N4O2. The topological polar surface area (TPSA) is 72.9 Å². The van der Waals surface area contributed by atoms with Crippen LogP contribution in [-0.4, -0.2) is 27.0 Å². The Morgan fingerprint density at radius 2 is 1.82 bits per heavy atom. The lowest BCUT2D eigenvalue weighted by atomic mass is 10.1. The highest BCUT2D eigenvalue weighted by molar-refractivity contribution is 6.30. The van der Waals surface area contributed by atoms with Gasteiger partial charge < -0.3 is 14.5 Å². The third-order valence-corrected chi connectivity index (χ3v) is 5.02. The number of nitrogens with one attached hydrogen (secondary N) is 1. The molecule has 0 saturated heterocycles. The molecule has 3 aromatic heterocycles. The van der Waals surface area contributed by atoms with Gasteiger partial charge in [-0.2, -0.15) is 13.2 Å². The maximum absolute atomic E-state index is 12.7. The third-order valence-electron chi connectivity index (χ3n) is 4.80. The number of halogens is 4. The molecule has 10 heteroatoms. The summed E-state index contributed by atoms with van der Waals surface area (Å²) >= 11 is 5.90. The van der Waals surface area contributed by atoms with Gasteiger partial charge in [0.05, 0.1) is 17.8 Å². The molecule has 0 atom stereocenters. The van der Waals surface area contributed by atoms with Crippen molar-refractivity contribution in [3.63, 3.8) is 0 Å². The summed E-state index contributed by atoms with van der Waals surface area (Å²) in [6.45, 7) is 1.94. The Morgan fingerprint density at radius 1 is 1.00 bits per heavy atom. The molecule has 0 bridgehead atoms. The molecule has 3 heterocycles. The number of alkyl halides is 3. The van der Waals surface area contributed by atoms with Crippen molar-refractivity contribution in [1.82, 2.24) is 19.9 Å². The van der Waals surface area contributed by atoms with E-state index in [0.29, 0.717) is 33.6 Å². The number of methoxy groups -OCH3 is 1. The van der Waals surface area contributed by atoms with Crippen LogP contribution < -0.4 is 9.47 Å². The molecule has 4 rings (SSSR count). The number of aromatic nitrogens is 4. The molecule has 4 aromatic rings. The first-order valence-electron chi connectivity index (χ1n) is 9.76. The monoisotopic (exact) mass is 474 g/mol. The number of aryl methyl sites for hydroxylation is 1. The number of benzene rings is 1. The molecule has 1 N–H and O–H groups in total. The summed E-state index contributed by atoms with van der Waals surface area (Å²) in [5.74, 6) is 1.50. The molecular weight excluding hydrogens is 457 g/mol. The Labute approximate surface area is 192 Å². The number of ether oxygens (including phenoxy) is 2. The number of hydrogen-bond acceptors (Lipinski definition) is 5. The summed E-state index contributed by atoms with van der Waals surface area (Å²) < 4.78 is 49.2. The van der Waals surface area contributed by atoms with Gasteiger partial charge in [0.15, 0.2) is 17.3 Å². The normalized spacial score (nSPS) is 11.5. The van der Waals surface area contributed by atoms with Crippen LogP contribution in [0.15, 0.2) is 54.9 Å². The van der Waals surface area contributed by atoms with Crippen LogP contribution in [0.25, 0.3) is 22.8 Å². The van der Waals surface area contributed by atoms with Crippen molar-refractivity contribution in [1.29, 1.82) is 0 Å². The molecule has 0 aliphatic heterocycles. The summed E-state index contributed by atoms with van der Waals surface area (Å²) in [5.41, 5.74) is 2.56. The van der Waals surface area contributed by atoms with Gasteiger partial charge in [-0.25, -0.2) is 4.98 Å². The quantitative estimate of drug-likeness (QED) is 0.365. The molecule has 0 saturated carbocycles. The Kier molecular flexibility index (Phi) is 6.24. The molecule has 170 valence electrons. The molecule has 0 spiro atoms. The summed E-state index contributed by atoms with van der Waals surface area (Å²) in [7, 11) is 1.51. The highest BCUT2D eigenvalue weighted by Gasteiger charge is 2.32. The van der Waals surface area contributed by atoms with Gasteiger partial charge >= 0.3 is 6.18 Å². The van der Waals surface area contributed by atoms with E-state index >= 15 is 0 Å². The smallest absolute Gasteiger partial charge is 0.433 e. The van der Waals surface area contributed by atoms with Crippen LogP contribution in [0, 0.1) is 6.92 Å². The Morgan fingerprint density at radius 3 is 2.45 bits per heavy atom. The summed E-state index contributed by atoms with van der Waals surface area (Å²) in [6, 6.07) is 11.1. The van der Waals surface area contributed by atoms with Crippen LogP contribution >= 0.6 is 11.6 Å². The lowest BCUT2D eigenvalue weighted by molar-refractivity contribution is -0.141. The van der Waals surface area contributed by atoms with Crippen molar-refractivity contribution in [3.05, 3.63) is 76.8 Å². The van der Waals surface area contributed by atoms with Crippen LogP contribution in [0.5, 0.6) is 11.5 Å². The standard InChI is InChI=1S/C23H18ClF3N4O2/c1-13-21(31-22(30-13)17-6-5-16(24)11-28-17)15-4-7-18(19(9-15)32-2)33-12-14-3-8-20(29-10-14)23(25,26)27/h3-11H,12H2,1-2H3,(H,30,31). The Bertz CT molecular complexity index is 1260. The van der Waals surface area contributed by atoms with Crippen LogP contribution in [0.4, 0.5) is 13.2 Å². The first kappa shape index (κ1) is 22.6. The molecule has 33 heavy (non-hydrogen) atoms. The highest BCUT2D eigenvalue weighted by Crippen LogP contribution is 2.34. The minimum atomic E-state index is -4.48. The second kappa shape index (κ2) is 9.11. The molecule has 0 amide bonds. The van der Waals surface area contributed by atoms with Gasteiger partial charge in [0, 0.05) is 29.2 Å². The van der Waals surface area contributed by atoms with Gasteiger partial charge in [0.1, 0.15) is 18.0 Å². The minimum absolute atomic E-state index is 0.0364. The number of rotatable bonds is 6. The van der Waals surface area contributed by atoms with Gasteiger partial charge in [0.25, 0.3) is 0 Å². The first-order chi connectivity index (χ1) is 15.7. The van der Waals surface area contributed by atoms with Crippen LogP contribution in [0.1, 0.15) is 17.0 Å². The van der Waals surface area contributed by atoms with Crippen molar-refractivity contribution in [2.45, 2.75) is 19.7 Å². The third kappa shape index (κ3) is 5.09. The second-order valence-electron chi connectivity index (χ2n) is 7.12. The van der Waals surface area contributed by atoms with E-state index in [1.807, 2.05) is 13.0 Å². The SMILES string of the molecule is COc1cc(-c2nc(-c3ccc(Cl)cn3)[nH]c2C)ccc1OCc1ccc(C(F)(F)F)nc1. The van der Waals surface area contributed by atoms with E-state index in [-0.39, 0.29) is 6.61 Å². The zero-order chi connectivity index (χ0) is 23.6. The fourth-order valence-corrected chi connectivity index (χ4v) is 3.26. The zero-order valence-electron chi connectivity index (χ0n) is 17.6. The largest absolute Gasteiger partial charge is 0.493 e. The van der Waals surface area contributed by atoms with E-state index in [1.54, 1.807) is 30.5 Å². The average molecular weight is 475 g/mol. The molecule has 0 unspecified atom stereocenters. The fourth-order valence-electron chi connectivity index (χ4n) is 3.15. The minimum Gasteiger partial charge on any atom is -0.493 e. The molecule has 0 radical (unpaired) electrons. The van der Waals surface area contributed by atoms with Gasteiger partial charge in [-0.1, -0.05) is 17.7 Å². The average Bonchev–Trinajstić information content (AvgIpc) is 3.19. The van der Waals surface area contributed by atoms with Gasteiger partial charge in [0.2, 0.25) is 0 Å². The molecule has 0 fully saturated rings. The number of pyridine rings is 2. The van der Waals surface area contributed by atoms with E-state index in [4.69, 9.17) is 21.1 Å². The van der Waals surface area contributed by atoms with Crippen molar-refractivity contribution < 1.29 is 22.6 Å². The van der Waals surface area contributed by atoms with Crippen LogP contribution in [0.3, 0.4) is 0 Å². The number of imidazole rings is 1. The van der Waals surface area contributed by atoms with Gasteiger partial charge in [-0.3, -0.25) is 9.97 Å². The van der Waals surface area contributed by atoms with E-state index < -0.39 is 11.9 Å². The lowest BCUT2D eigenvalue weighted by Gasteiger charge is -2.12. The van der Waals surface area contributed by atoms with Crippen LogP contribution in [0.2, 0.25) is 5.02 Å². The van der Waals surface area contributed by atoms with E-state index in [2.05, 4.69) is 19.9 Å². The first-order valence-corrected chi connectivity index (χ1v) is 10.1. The number of nitrogens with zero attached hydrogens (tertiary/aromatic N) is 3. The van der Waals surface area contributed by atoms with Gasteiger partial charge in [-0.15, -0.1) is 0 Å². The predicted octanol–water partition coefficient (Wildman–Crippen LogP) is 6.10. The number of hydrogen-bond donors (Lipinski definition) is 1.